The second-order valence-corrected chi connectivity index (χ2v) is 7.31. The molecule has 4 aromatic rings. The summed E-state index contributed by atoms with van der Waals surface area (Å²) in [6.45, 7) is 2.54. The maximum absolute atomic E-state index is 6.45. The minimum Gasteiger partial charge on any atom is -0.461 e. The van der Waals surface area contributed by atoms with Crippen molar-refractivity contribution in [2.24, 2.45) is 4.99 Å². The number of hydrogen-bond donors (Lipinski definition) is 0. The Morgan fingerprint density at radius 1 is 1.12 bits per heavy atom. The number of benzene rings is 2. The first kappa shape index (κ1) is 15.7. The quantitative estimate of drug-likeness (QED) is 0.387. The number of aromatic nitrogens is 1. The van der Waals surface area contributed by atoms with Crippen LogP contribution in [-0.4, -0.2) is 10.3 Å². The summed E-state index contributed by atoms with van der Waals surface area (Å²) < 4.78 is 8.01. The molecule has 0 radical (unpaired) electrons. The Bertz CT molecular complexity index is 1200. The van der Waals surface area contributed by atoms with Gasteiger partial charge in [0.05, 0.1) is 24.2 Å². The molecular weight excluding hydrogens is 367 g/mol. The third kappa shape index (κ3) is 2.32. The Morgan fingerprint density at radius 3 is 2.88 bits per heavy atom. The Kier molecular flexibility index (Phi) is 3.49. The third-order valence-corrected chi connectivity index (χ3v) is 5.31. The topological polar surface area (TPSA) is 30.4 Å². The number of rotatable bonds is 1. The van der Waals surface area contributed by atoms with Gasteiger partial charge in [-0.15, -0.1) is 0 Å². The second-order valence-electron chi connectivity index (χ2n) is 6.47. The number of nitrogens with zero attached hydrogens (tertiary/aromatic N) is 2. The van der Waals surface area contributed by atoms with Crippen molar-refractivity contribution < 1.29 is 4.42 Å². The van der Waals surface area contributed by atoms with Crippen molar-refractivity contribution >= 4 is 39.7 Å². The molecule has 0 saturated carbocycles. The van der Waals surface area contributed by atoms with Crippen molar-refractivity contribution in [1.82, 2.24) is 4.57 Å². The zero-order valence-electron chi connectivity index (χ0n) is 14.0. The van der Waals surface area contributed by atoms with Crippen LogP contribution < -0.4 is 0 Å². The molecule has 0 unspecified atom stereocenters. The van der Waals surface area contributed by atoms with Crippen molar-refractivity contribution in [3.8, 4) is 5.69 Å². The smallest absolute Gasteiger partial charge is 0.161 e. The molecule has 26 heavy (non-hydrogen) atoms. The summed E-state index contributed by atoms with van der Waals surface area (Å²) in [5, 5.41) is 3.36. The van der Waals surface area contributed by atoms with Gasteiger partial charge in [-0.3, -0.25) is 4.99 Å². The SMILES string of the molecule is Cc1ccc2c(C3=NCc4c(Cl)cc(Cl)cc4-n4cccc43)occ2c1. The Hall–Kier alpha value is -2.49. The molecule has 0 atom stereocenters. The maximum atomic E-state index is 6.45. The number of aliphatic imine (C=N–C) groups is 1. The zero-order chi connectivity index (χ0) is 17.8. The number of hydrogen-bond acceptors (Lipinski definition) is 2. The van der Waals surface area contributed by atoms with Crippen LogP contribution in [-0.2, 0) is 6.54 Å². The van der Waals surface area contributed by atoms with Crippen LogP contribution in [0.1, 0.15) is 22.6 Å². The van der Waals surface area contributed by atoms with Crippen LogP contribution in [0.3, 0.4) is 0 Å². The molecule has 2 aromatic heterocycles. The van der Waals surface area contributed by atoms with Gasteiger partial charge in [0.15, 0.2) is 5.76 Å². The highest BCUT2D eigenvalue weighted by molar-refractivity contribution is 6.35. The standard InChI is InChI=1S/C21H14Cl2N2O/c1-12-4-5-15-13(7-12)11-26-21(15)20-18-3-2-6-25(18)19-9-14(22)8-17(23)16(19)10-24-20/h2-9,11H,10H2,1H3. The fourth-order valence-electron chi connectivity index (χ4n) is 3.53. The average Bonchev–Trinajstić information content (AvgIpc) is 3.21. The first-order chi connectivity index (χ1) is 12.6. The second kappa shape index (κ2) is 5.76. The molecule has 2 aromatic carbocycles. The van der Waals surface area contributed by atoms with Crippen LogP contribution >= 0.6 is 23.2 Å². The molecule has 5 heteroatoms. The largest absolute Gasteiger partial charge is 0.461 e. The van der Waals surface area contributed by atoms with Crippen LogP contribution in [0, 0.1) is 6.92 Å². The van der Waals surface area contributed by atoms with Gasteiger partial charge >= 0.3 is 0 Å². The molecule has 0 N–H and O–H groups in total. The molecule has 0 saturated heterocycles. The van der Waals surface area contributed by atoms with Crippen LogP contribution in [0.2, 0.25) is 10.0 Å². The Morgan fingerprint density at radius 2 is 2.00 bits per heavy atom. The fraction of sp³-hybridized carbons (Fsp3) is 0.0952. The van der Waals surface area contributed by atoms with Crippen molar-refractivity contribution in [2.45, 2.75) is 13.5 Å². The van der Waals surface area contributed by atoms with E-state index in [0.717, 1.165) is 39.2 Å². The minimum atomic E-state index is 0.469. The first-order valence-corrected chi connectivity index (χ1v) is 9.06. The van der Waals surface area contributed by atoms with Gasteiger partial charge in [-0.1, -0.05) is 40.9 Å². The lowest BCUT2D eigenvalue weighted by molar-refractivity contribution is 0.562. The van der Waals surface area contributed by atoms with E-state index in [2.05, 4.69) is 29.7 Å². The number of fused-ring (bicyclic) bond motifs is 4. The third-order valence-electron chi connectivity index (χ3n) is 4.75. The van der Waals surface area contributed by atoms with E-state index in [1.807, 2.05) is 24.4 Å². The van der Waals surface area contributed by atoms with E-state index < -0.39 is 0 Å². The van der Waals surface area contributed by atoms with Crippen molar-refractivity contribution in [3.63, 3.8) is 0 Å². The van der Waals surface area contributed by atoms with E-state index in [9.17, 15) is 0 Å². The molecule has 1 aliphatic heterocycles. The van der Waals surface area contributed by atoms with Crippen LogP contribution in [0.25, 0.3) is 16.5 Å². The van der Waals surface area contributed by atoms with Gasteiger partial charge in [0.2, 0.25) is 0 Å². The summed E-state index contributed by atoms with van der Waals surface area (Å²) >= 11 is 12.7. The van der Waals surface area contributed by atoms with Gasteiger partial charge in [-0.25, -0.2) is 0 Å². The first-order valence-electron chi connectivity index (χ1n) is 8.30. The van der Waals surface area contributed by atoms with Gasteiger partial charge in [-0.2, -0.15) is 0 Å². The summed E-state index contributed by atoms with van der Waals surface area (Å²) in [4.78, 5) is 4.86. The van der Waals surface area contributed by atoms with Crippen LogP contribution in [0.15, 0.2) is 64.3 Å². The molecule has 128 valence electrons. The van der Waals surface area contributed by atoms with E-state index in [1.54, 1.807) is 12.3 Å². The Labute approximate surface area is 160 Å². The lowest BCUT2D eigenvalue weighted by Crippen LogP contribution is -2.08. The highest BCUT2D eigenvalue weighted by atomic mass is 35.5. The fourth-order valence-corrected chi connectivity index (χ4v) is 4.07. The van der Waals surface area contributed by atoms with E-state index in [4.69, 9.17) is 32.6 Å². The summed E-state index contributed by atoms with van der Waals surface area (Å²) in [7, 11) is 0. The molecule has 0 amide bonds. The highest BCUT2D eigenvalue weighted by Gasteiger charge is 2.23. The van der Waals surface area contributed by atoms with Crippen LogP contribution in [0.5, 0.6) is 0 Å². The Balaban J connectivity index is 1.77. The van der Waals surface area contributed by atoms with Gasteiger partial charge in [-0.05, 0) is 37.3 Å². The normalized spacial score (nSPS) is 13.3. The monoisotopic (exact) mass is 380 g/mol. The van der Waals surface area contributed by atoms with E-state index in [-0.39, 0.29) is 0 Å². The van der Waals surface area contributed by atoms with Crippen LogP contribution in [0.4, 0.5) is 0 Å². The summed E-state index contributed by atoms with van der Waals surface area (Å²) in [6.07, 6.45) is 3.78. The molecule has 3 heterocycles. The predicted molar refractivity (Wildman–Crippen MR) is 106 cm³/mol. The number of halogens is 2. The average molecular weight is 381 g/mol. The van der Waals surface area contributed by atoms with Crippen molar-refractivity contribution in [2.75, 3.05) is 0 Å². The molecule has 3 nitrogen and oxygen atoms in total. The zero-order valence-corrected chi connectivity index (χ0v) is 15.5. The van der Waals surface area contributed by atoms with Crippen molar-refractivity contribution in [3.05, 3.63) is 87.6 Å². The van der Waals surface area contributed by atoms with E-state index in [0.29, 0.717) is 16.6 Å². The summed E-state index contributed by atoms with van der Waals surface area (Å²) in [6, 6.07) is 14.0. The summed E-state index contributed by atoms with van der Waals surface area (Å²) in [5.41, 5.74) is 4.88. The molecule has 1 aliphatic rings. The maximum Gasteiger partial charge on any atom is 0.161 e. The van der Waals surface area contributed by atoms with Gasteiger partial charge < -0.3 is 8.98 Å². The van der Waals surface area contributed by atoms with E-state index >= 15 is 0 Å². The molecule has 5 rings (SSSR count). The van der Waals surface area contributed by atoms with E-state index in [1.165, 1.54) is 5.56 Å². The lowest BCUT2D eigenvalue weighted by atomic mass is 10.1. The molecule has 0 spiro atoms. The molecule has 0 bridgehead atoms. The molecular formula is C21H14Cl2N2O. The molecule has 0 fully saturated rings. The highest BCUT2D eigenvalue weighted by Crippen LogP contribution is 2.34. The predicted octanol–water partition coefficient (Wildman–Crippen LogP) is 6.19. The van der Waals surface area contributed by atoms with Gasteiger partial charge in [0.1, 0.15) is 5.71 Å². The van der Waals surface area contributed by atoms with Gasteiger partial charge in [0, 0.05) is 32.6 Å². The lowest BCUT2D eigenvalue weighted by Gasteiger charge is -2.12. The number of aryl methyl sites for hydroxylation is 1. The van der Waals surface area contributed by atoms with Crippen molar-refractivity contribution in [1.29, 1.82) is 0 Å². The van der Waals surface area contributed by atoms with Gasteiger partial charge in [0.25, 0.3) is 0 Å². The molecule has 0 aliphatic carbocycles. The number of furan rings is 1. The minimum absolute atomic E-state index is 0.469. The summed E-state index contributed by atoms with van der Waals surface area (Å²) in [5.74, 6) is 0.773.